The van der Waals surface area contributed by atoms with Crippen LogP contribution in [-0.2, 0) is 4.79 Å². The molecule has 0 radical (unpaired) electrons. The highest BCUT2D eigenvalue weighted by Gasteiger charge is 2.29. The second-order valence-corrected chi connectivity index (χ2v) is 10.8. The molecule has 0 saturated heterocycles. The zero-order valence-electron chi connectivity index (χ0n) is 22.8. The Morgan fingerprint density at radius 1 is 1.00 bits per heavy atom. The van der Waals surface area contributed by atoms with Gasteiger partial charge in [0.1, 0.15) is 17.6 Å². The van der Waals surface area contributed by atoms with Crippen LogP contribution in [0.1, 0.15) is 56.1 Å². The molecule has 0 bridgehead atoms. The molecule has 2 N–H and O–H groups in total. The van der Waals surface area contributed by atoms with Crippen molar-refractivity contribution in [2.24, 2.45) is 5.92 Å². The van der Waals surface area contributed by atoms with E-state index < -0.39 is 5.97 Å². The maximum absolute atomic E-state index is 13.3. The lowest BCUT2D eigenvalue weighted by Crippen LogP contribution is -2.44. The average Bonchev–Trinajstić information content (AvgIpc) is 2.92. The van der Waals surface area contributed by atoms with Crippen molar-refractivity contribution in [3.05, 3.63) is 71.8 Å². The number of carbonyl (C=O) groups excluding carboxylic acids is 1. The van der Waals surface area contributed by atoms with Crippen LogP contribution in [0.15, 0.2) is 60.7 Å². The van der Waals surface area contributed by atoms with Crippen molar-refractivity contribution in [2.75, 3.05) is 23.9 Å². The second kappa shape index (κ2) is 11.4. The molecule has 1 aliphatic carbocycles. The van der Waals surface area contributed by atoms with E-state index >= 15 is 0 Å². The number of aliphatic carboxylic acids is 1. The minimum Gasteiger partial charge on any atom is -0.495 e. The molecule has 204 valence electrons. The number of anilines is 2. The van der Waals surface area contributed by atoms with Crippen LogP contribution in [0.2, 0.25) is 0 Å². The third-order valence-corrected chi connectivity index (χ3v) is 7.89. The minimum absolute atomic E-state index is 0.156. The average molecular weight is 529 g/mol. The summed E-state index contributed by atoms with van der Waals surface area (Å²) in [5.41, 5.74) is 5.82. The van der Waals surface area contributed by atoms with Gasteiger partial charge in [0.25, 0.3) is 0 Å². The molecule has 7 heteroatoms. The quantitative estimate of drug-likeness (QED) is 0.352. The topological polar surface area (TPSA) is 88.1 Å². The molecule has 3 aromatic carbocycles. The standard InChI is InChI=1S/C32H36N2O5/c1-20-4-15-29(38-3)27(16-20)33-32(37)34-19-21(2)39-30-18-26(13-14-28(30)34)25-11-9-24(10-12-25)23-7-5-22(6-8-23)17-31(35)36/h4,9-16,18,21-23H,5-8,17,19H2,1-3H3,(H,33,37)(H,35,36)/t21?,22-,23-. The molecule has 1 heterocycles. The molecule has 1 unspecified atom stereocenters. The minimum atomic E-state index is -0.693. The predicted molar refractivity (Wildman–Crippen MR) is 153 cm³/mol. The summed E-state index contributed by atoms with van der Waals surface area (Å²) in [4.78, 5) is 26.1. The highest BCUT2D eigenvalue weighted by molar-refractivity contribution is 6.04. The van der Waals surface area contributed by atoms with Gasteiger partial charge in [-0.25, -0.2) is 4.79 Å². The first-order valence-corrected chi connectivity index (χ1v) is 13.7. The Bertz CT molecular complexity index is 1350. The van der Waals surface area contributed by atoms with Crippen molar-refractivity contribution in [1.82, 2.24) is 0 Å². The van der Waals surface area contributed by atoms with E-state index in [0.29, 0.717) is 35.6 Å². The van der Waals surface area contributed by atoms with Gasteiger partial charge < -0.3 is 19.9 Å². The highest BCUT2D eigenvalue weighted by Crippen LogP contribution is 2.40. The molecule has 2 amide bonds. The largest absolute Gasteiger partial charge is 0.495 e. The van der Waals surface area contributed by atoms with Crippen LogP contribution in [-0.4, -0.2) is 36.9 Å². The Hall–Kier alpha value is -4.00. The van der Waals surface area contributed by atoms with Gasteiger partial charge >= 0.3 is 12.0 Å². The predicted octanol–water partition coefficient (Wildman–Crippen LogP) is 7.24. The number of aryl methyl sites for hydroxylation is 1. The first kappa shape index (κ1) is 26.6. The number of carboxylic acid groups (broad SMARTS) is 1. The van der Waals surface area contributed by atoms with Gasteiger partial charge in [0.2, 0.25) is 0 Å². The van der Waals surface area contributed by atoms with Crippen LogP contribution in [0.25, 0.3) is 11.1 Å². The van der Waals surface area contributed by atoms with Gasteiger partial charge in [-0.1, -0.05) is 36.4 Å². The highest BCUT2D eigenvalue weighted by atomic mass is 16.5. The van der Waals surface area contributed by atoms with E-state index in [2.05, 4.69) is 29.6 Å². The van der Waals surface area contributed by atoms with E-state index in [1.165, 1.54) is 5.56 Å². The molecule has 5 rings (SSSR count). The summed E-state index contributed by atoms with van der Waals surface area (Å²) in [6, 6.07) is 20.1. The van der Waals surface area contributed by atoms with Crippen LogP contribution in [0.5, 0.6) is 11.5 Å². The van der Waals surface area contributed by atoms with Crippen molar-refractivity contribution in [2.45, 2.75) is 58.0 Å². The maximum Gasteiger partial charge on any atom is 0.326 e. The van der Waals surface area contributed by atoms with Gasteiger partial charge in [-0.3, -0.25) is 9.69 Å². The van der Waals surface area contributed by atoms with Gasteiger partial charge in [-0.2, -0.15) is 0 Å². The number of hydrogen-bond donors (Lipinski definition) is 2. The number of rotatable bonds is 6. The van der Waals surface area contributed by atoms with Gasteiger partial charge in [0.15, 0.2) is 0 Å². The van der Waals surface area contributed by atoms with Crippen molar-refractivity contribution in [1.29, 1.82) is 0 Å². The number of carboxylic acids is 1. The molecule has 1 atom stereocenters. The lowest BCUT2D eigenvalue weighted by atomic mass is 9.77. The number of hydrogen-bond acceptors (Lipinski definition) is 4. The van der Waals surface area contributed by atoms with Crippen LogP contribution in [0.3, 0.4) is 0 Å². The Balaban J connectivity index is 1.31. The molecule has 7 nitrogen and oxygen atoms in total. The van der Waals surface area contributed by atoms with Crippen molar-refractivity contribution in [3.8, 4) is 22.6 Å². The van der Waals surface area contributed by atoms with Gasteiger partial charge in [-0.05, 0) is 97.9 Å². The summed E-state index contributed by atoms with van der Waals surface area (Å²) in [6.45, 7) is 4.38. The Morgan fingerprint density at radius 2 is 1.72 bits per heavy atom. The number of amides is 2. The summed E-state index contributed by atoms with van der Waals surface area (Å²) >= 11 is 0. The first-order valence-electron chi connectivity index (χ1n) is 13.7. The smallest absolute Gasteiger partial charge is 0.326 e. The normalized spacial score (nSPS) is 20.5. The molecule has 2 aliphatic rings. The van der Waals surface area contributed by atoms with Crippen molar-refractivity contribution in [3.63, 3.8) is 0 Å². The zero-order valence-corrected chi connectivity index (χ0v) is 22.8. The lowest BCUT2D eigenvalue weighted by Gasteiger charge is -2.34. The SMILES string of the molecule is COc1ccc(C)cc1NC(=O)N1CC(C)Oc2cc(-c3ccc([C@H]4CC[C@H](CC(=O)O)CC4)cc3)ccc21. The number of carbonyl (C=O) groups is 2. The van der Waals surface area contributed by atoms with Crippen LogP contribution in [0.4, 0.5) is 16.2 Å². The number of nitrogens with zero attached hydrogens (tertiary/aromatic N) is 1. The van der Waals surface area contributed by atoms with E-state index in [1.54, 1.807) is 12.0 Å². The fraction of sp³-hybridized carbons (Fsp3) is 0.375. The van der Waals surface area contributed by atoms with E-state index in [-0.39, 0.29) is 18.6 Å². The molecular formula is C32H36N2O5. The molecule has 1 saturated carbocycles. The van der Waals surface area contributed by atoms with E-state index in [4.69, 9.17) is 14.6 Å². The third-order valence-electron chi connectivity index (χ3n) is 7.89. The molecule has 0 aromatic heterocycles. The number of nitrogens with one attached hydrogen (secondary N) is 1. The Labute approximate surface area is 229 Å². The van der Waals surface area contributed by atoms with Crippen LogP contribution in [0, 0.1) is 12.8 Å². The fourth-order valence-electron chi connectivity index (χ4n) is 5.81. The van der Waals surface area contributed by atoms with Crippen molar-refractivity contribution < 1.29 is 24.2 Å². The van der Waals surface area contributed by atoms with Crippen LogP contribution >= 0.6 is 0 Å². The number of fused-ring (bicyclic) bond motifs is 1. The first-order chi connectivity index (χ1) is 18.8. The van der Waals surface area contributed by atoms with E-state index in [0.717, 1.165) is 48.1 Å². The van der Waals surface area contributed by atoms with Crippen LogP contribution < -0.4 is 19.7 Å². The summed E-state index contributed by atoms with van der Waals surface area (Å²) in [7, 11) is 1.59. The summed E-state index contributed by atoms with van der Waals surface area (Å²) in [5.74, 6) is 1.38. The van der Waals surface area contributed by atoms with Gasteiger partial charge in [0, 0.05) is 6.42 Å². The second-order valence-electron chi connectivity index (χ2n) is 10.8. The summed E-state index contributed by atoms with van der Waals surface area (Å²) < 4.78 is 11.6. The lowest BCUT2D eigenvalue weighted by molar-refractivity contribution is -0.138. The molecule has 1 aliphatic heterocycles. The Kier molecular flexibility index (Phi) is 7.77. The molecular weight excluding hydrogens is 492 g/mol. The zero-order chi connectivity index (χ0) is 27.5. The van der Waals surface area contributed by atoms with E-state index in [9.17, 15) is 9.59 Å². The monoisotopic (exact) mass is 528 g/mol. The maximum atomic E-state index is 13.3. The molecule has 3 aromatic rings. The molecule has 39 heavy (non-hydrogen) atoms. The van der Waals surface area contributed by atoms with Gasteiger partial charge in [0.05, 0.1) is 25.0 Å². The third kappa shape index (κ3) is 6.03. The molecule has 0 spiro atoms. The number of benzene rings is 3. The van der Waals surface area contributed by atoms with Gasteiger partial charge in [-0.15, -0.1) is 0 Å². The van der Waals surface area contributed by atoms with E-state index in [1.807, 2.05) is 50.2 Å². The number of ether oxygens (including phenoxy) is 2. The Morgan fingerprint density at radius 3 is 2.41 bits per heavy atom. The summed E-state index contributed by atoms with van der Waals surface area (Å²) in [6.07, 6.45) is 4.14. The number of methoxy groups -OCH3 is 1. The molecule has 1 fully saturated rings. The summed E-state index contributed by atoms with van der Waals surface area (Å²) in [5, 5.41) is 12.1. The fourth-order valence-corrected chi connectivity index (χ4v) is 5.81. The number of urea groups is 1. The van der Waals surface area contributed by atoms with Crippen molar-refractivity contribution >= 4 is 23.4 Å².